The normalized spacial score (nSPS) is 12.7. The molecular weight excluding hydrogens is 456 g/mol. The lowest BCUT2D eigenvalue weighted by Crippen LogP contribution is -2.47. The molecule has 1 aromatic heterocycles. The standard InChI is InChI=1S/C24H32N4O5S/c1-15(2)33-24(32)20(10-9-17(29)12-25)27-23(31)21(34-14-22(30)28(3)4)11-16-13-26-19-8-6-5-7-18(16)19/h5-8,12-13,15,20-21,25-26H,9-11,14H2,1-4H3,(H,27,31)/t20-,21-/m0/s1. The summed E-state index contributed by atoms with van der Waals surface area (Å²) in [6.45, 7) is 3.39. The number of nitrogens with zero attached hydrogens (tertiary/aromatic N) is 1. The van der Waals surface area contributed by atoms with E-state index in [1.54, 1.807) is 27.9 Å². The second kappa shape index (κ2) is 12.9. The average molecular weight is 489 g/mol. The van der Waals surface area contributed by atoms with Crippen LogP contribution in [-0.4, -0.2) is 76.9 Å². The van der Waals surface area contributed by atoms with Crippen LogP contribution in [0.2, 0.25) is 0 Å². The fourth-order valence-electron chi connectivity index (χ4n) is 3.22. The van der Waals surface area contributed by atoms with E-state index in [1.165, 1.54) is 16.7 Å². The molecule has 0 saturated heterocycles. The Balaban J connectivity index is 2.23. The highest BCUT2D eigenvalue weighted by molar-refractivity contribution is 8.01. The van der Waals surface area contributed by atoms with Crippen molar-refractivity contribution < 1.29 is 23.9 Å². The fraction of sp³-hybridized carbons (Fsp3) is 0.458. The van der Waals surface area contributed by atoms with E-state index in [0.29, 0.717) is 12.6 Å². The summed E-state index contributed by atoms with van der Waals surface area (Å²) < 4.78 is 5.26. The molecule has 0 fully saturated rings. The maximum atomic E-state index is 13.3. The third-order valence-electron chi connectivity index (χ3n) is 5.07. The van der Waals surface area contributed by atoms with Gasteiger partial charge in [-0.2, -0.15) is 0 Å². The highest BCUT2D eigenvalue weighted by atomic mass is 32.2. The van der Waals surface area contributed by atoms with Crippen LogP contribution in [0.3, 0.4) is 0 Å². The Labute approximate surface area is 203 Å². The summed E-state index contributed by atoms with van der Waals surface area (Å²) in [4.78, 5) is 54.3. The van der Waals surface area contributed by atoms with Gasteiger partial charge < -0.3 is 25.3 Å². The molecule has 0 aliphatic carbocycles. The Kier molecular flexibility index (Phi) is 10.3. The van der Waals surface area contributed by atoms with Gasteiger partial charge in [0.1, 0.15) is 6.04 Å². The number of aromatic amines is 1. The monoisotopic (exact) mass is 488 g/mol. The maximum Gasteiger partial charge on any atom is 0.328 e. The lowest BCUT2D eigenvalue weighted by molar-refractivity contribution is -0.151. The molecule has 1 aromatic carbocycles. The van der Waals surface area contributed by atoms with Crippen molar-refractivity contribution >= 4 is 52.4 Å². The van der Waals surface area contributed by atoms with Crippen LogP contribution in [0.4, 0.5) is 0 Å². The minimum absolute atomic E-state index is 0.0204. The molecule has 0 aliphatic heterocycles. The van der Waals surface area contributed by atoms with Gasteiger partial charge >= 0.3 is 5.97 Å². The molecule has 2 amide bonds. The zero-order valence-corrected chi connectivity index (χ0v) is 20.7. The Morgan fingerprint density at radius 3 is 2.56 bits per heavy atom. The van der Waals surface area contributed by atoms with Gasteiger partial charge in [-0.3, -0.25) is 14.4 Å². The van der Waals surface area contributed by atoms with E-state index >= 15 is 0 Å². The summed E-state index contributed by atoms with van der Waals surface area (Å²) in [5.74, 6) is -1.54. The van der Waals surface area contributed by atoms with Crippen LogP contribution in [0.1, 0.15) is 32.3 Å². The predicted octanol–water partition coefficient (Wildman–Crippen LogP) is 2.34. The van der Waals surface area contributed by atoms with Crippen LogP contribution in [0, 0.1) is 5.41 Å². The van der Waals surface area contributed by atoms with Crippen molar-refractivity contribution in [3.8, 4) is 0 Å². The molecule has 3 N–H and O–H groups in total. The summed E-state index contributed by atoms with van der Waals surface area (Å²) in [7, 11) is 3.30. The van der Waals surface area contributed by atoms with Crippen LogP contribution < -0.4 is 5.32 Å². The summed E-state index contributed by atoms with van der Waals surface area (Å²) in [6, 6.07) is 6.69. The average Bonchev–Trinajstić information content (AvgIpc) is 3.20. The van der Waals surface area contributed by atoms with E-state index in [9.17, 15) is 19.2 Å². The van der Waals surface area contributed by atoms with Gasteiger partial charge in [0.2, 0.25) is 11.8 Å². The maximum absolute atomic E-state index is 13.3. The van der Waals surface area contributed by atoms with E-state index in [0.717, 1.165) is 16.5 Å². The van der Waals surface area contributed by atoms with Crippen molar-refractivity contribution in [2.45, 2.75) is 50.5 Å². The van der Waals surface area contributed by atoms with Crippen molar-refractivity contribution in [1.82, 2.24) is 15.2 Å². The summed E-state index contributed by atoms with van der Waals surface area (Å²) in [5, 5.41) is 10.1. The minimum Gasteiger partial charge on any atom is -0.461 e. The zero-order valence-electron chi connectivity index (χ0n) is 19.9. The molecule has 2 atom stereocenters. The number of ketones is 1. The molecule has 9 nitrogen and oxygen atoms in total. The number of rotatable bonds is 13. The number of fused-ring (bicyclic) bond motifs is 1. The van der Waals surface area contributed by atoms with E-state index in [-0.39, 0.29) is 30.6 Å². The van der Waals surface area contributed by atoms with Crippen molar-refractivity contribution in [3.05, 3.63) is 36.0 Å². The molecule has 2 aromatic rings. The molecule has 10 heteroatoms. The van der Waals surface area contributed by atoms with Gasteiger partial charge in [0.25, 0.3) is 0 Å². The van der Waals surface area contributed by atoms with E-state index in [1.807, 2.05) is 30.5 Å². The lowest BCUT2D eigenvalue weighted by Gasteiger charge is -2.22. The number of hydrogen-bond acceptors (Lipinski definition) is 7. The first-order valence-corrected chi connectivity index (χ1v) is 12.1. The number of carbonyl (C=O) groups is 4. The number of esters is 1. The molecule has 1 heterocycles. The molecule has 0 radical (unpaired) electrons. The largest absolute Gasteiger partial charge is 0.461 e. The minimum atomic E-state index is -1.03. The molecule has 0 bridgehead atoms. The first-order valence-electron chi connectivity index (χ1n) is 11.0. The Hall–Kier alpha value is -3.14. The zero-order chi connectivity index (χ0) is 25.3. The third kappa shape index (κ3) is 8.02. The van der Waals surface area contributed by atoms with Crippen molar-refractivity contribution in [3.63, 3.8) is 0 Å². The van der Waals surface area contributed by atoms with Gasteiger partial charge in [-0.15, -0.1) is 11.8 Å². The topological polar surface area (TPSA) is 132 Å². The van der Waals surface area contributed by atoms with Crippen LogP contribution in [-0.2, 0) is 30.3 Å². The smallest absolute Gasteiger partial charge is 0.328 e. The van der Waals surface area contributed by atoms with Crippen molar-refractivity contribution in [2.75, 3.05) is 19.8 Å². The number of carbonyl (C=O) groups excluding carboxylic acids is 4. The third-order valence-corrected chi connectivity index (χ3v) is 6.27. The summed E-state index contributed by atoms with van der Waals surface area (Å²) >= 11 is 1.20. The second-order valence-corrected chi connectivity index (χ2v) is 9.54. The fourth-order valence-corrected chi connectivity index (χ4v) is 4.33. The number of aromatic nitrogens is 1. The van der Waals surface area contributed by atoms with Crippen LogP contribution >= 0.6 is 11.8 Å². The van der Waals surface area contributed by atoms with Crippen molar-refractivity contribution in [1.29, 1.82) is 5.41 Å². The number of nitrogens with one attached hydrogen (secondary N) is 3. The first-order chi connectivity index (χ1) is 16.1. The Morgan fingerprint density at radius 2 is 1.91 bits per heavy atom. The highest BCUT2D eigenvalue weighted by Crippen LogP contribution is 2.24. The number of thioether (sulfide) groups is 1. The molecule has 2 rings (SSSR count). The molecule has 0 saturated carbocycles. The van der Waals surface area contributed by atoms with Gasteiger partial charge in [-0.25, -0.2) is 4.79 Å². The second-order valence-electron chi connectivity index (χ2n) is 8.35. The SMILES string of the molecule is CC(C)OC(=O)[C@H](CCC(=O)C=N)NC(=O)[C@H](Cc1c[nH]c2ccccc12)SCC(=O)N(C)C. The first kappa shape index (κ1) is 27.1. The molecule has 0 unspecified atom stereocenters. The number of benzene rings is 1. The molecule has 184 valence electrons. The van der Waals surface area contributed by atoms with Gasteiger partial charge in [-0.05, 0) is 38.3 Å². The summed E-state index contributed by atoms with van der Waals surface area (Å²) in [6.07, 6.45) is 2.43. The van der Waals surface area contributed by atoms with Gasteiger partial charge in [0, 0.05) is 37.6 Å². The highest BCUT2D eigenvalue weighted by Gasteiger charge is 2.29. The molecule has 34 heavy (non-hydrogen) atoms. The van der Waals surface area contributed by atoms with E-state index in [4.69, 9.17) is 10.1 Å². The summed E-state index contributed by atoms with van der Waals surface area (Å²) in [5.41, 5.74) is 1.86. The van der Waals surface area contributed by atoms with E-state index in [2.05, 4.69) is 10.3 Å². The number of ether oxygens (including phenoxy) is 1. The van der Waals surface area contributed by atoms with Gasteiger partial charge in [-0.1, -0.05) is 18.2 Å². The Bertz CT molecular complexity index is 1030. The molecule has 0 spiro atoms. The van der Waals surface area contributed by atoms with Gasteiger partial charge in [0.15, 0.2) is 5.78 Å². The number of para-hydroxylation sites is 1. The number of H-pyrrole nitrogens is 1. The van der Waals surface area contributed by atoms with E-state index < -0.39 is 29.0 Å². The van der Waals surface area contributed by atoms with Crippen molar-refractivity contribution in [2.24, 2.45) is 0 Å². The van der Waals surface area contributed by atoms with Gasteiger partial charge in [0.05, 0.1) is 23.3 Å². The van der Waals surface area contributed by atoms with Crippen LogP contribution in [0.15, 0.2) is 30.5 Å². The quantitative estimate of drug-likeness (QED) is 0.293. The molecule has 0 aliphatic rings. The molecular formula is C24H32N4O5S. The number of Topliss-reactive ketones (excluding diaryl/α,β-unsaturated/α-hetero) is 1. The van der Waals surface area contributed by atoms with Crippen LogP contribution in [0.25, 0.3) is 10.9 Å². The number of amides is 2. The van der Waals surface area contributed by atoms with Crippen LogP contribution in [0.5, 0.6) is 0 Å². The lowest BCUT2D eigenvalue weighted by atomic mass is 10.1. The number of hydrogen-bond donors (Lipinski definition) is 3. The Morgan fingerprint density at radius 1 is 1.21 bits per heavy atom. The predicted molar refractivity (Wildman–Crippen MR) is 133 cm³/mol.